The highest BCUT2D eigenvalue weighted by Crippen LogP contribution is 2.22. The first-order valence-electron chi connectivity index (χ1n) is 6.60. The zero-order chi connectivity index (χ0) is 11.1. The summed E-state index contributed by atoms with van der Waals surface area (Å²) in [7, 11) is 0. The molecule has 0 aliphatic carbocycles. The first kappa shape index (κ1) is 12.5. The predicted molar refractivity (Wildman–Crippen MR) is 66.5 cm³/mol. The van der Waals surface area contributed by atoms with Gasteiger partial charge in [-0.15, -0.1) is 0 Å². The van der Waals surface area contributed by atoms with Gasteiger partial charge in [-0.05, 0) is 31.6 Å². The lowest BCUT2D eigenvalue weighted by Gasteiger charge is -2.23. The molecule has 0 aromatic heterocycles. The van der Waals surface area contributed by atoms with Crippen LogP contribution in [0.5, 0.6) is 0 Å². The van der Waals surface area contributed by atoms with Gasteiger partial charge < -0.3 is 4.90 Å². The van der Waals surface area contributed by atoms with Crippen LogP contribution < -0.4 is 0 Å². The summed E-state index contributed by atoms with van der Waals surface area (Å²) in [6.45, 7) is 6.69. The number of hydrogen-bond donors (Lipinski definition) is 1. The van der Waals surface area contributed by atoms with Crippen LogP contribution in [-0.4, -0.2) is 23.8 Å². The van der Waals surface area contributed by atoms with Crippen LogP contribution in [0.25, 0.3) is 0 Å². The molecule has 1 heterocycles. The standard InChI is InChI=1S/C13H26N2/c1-3-6-12-8-5-10-15(11-9-12)13(14)7-4-2/h12,14H,3-11H2,1-2H3. The minimum Gasteiger partial charge on any atom is -0.361 e. The number of nitrogens with zero attached hydrogens (tertiary/aromatic N) is 1. The largest absolute Gasteiger partial charge is 0.361 e. The van der Waals surface area contributed by atoms with Crippen molar-refractivity contribution < 1.29 is 0 Å². The van der Waals surface area contributed by atoms with Gasteiger partial charge in [-0.25, -0.2) is 0 Å². The Morgan fingerprint density at radius 3 is 2.67 bits per heavy atom. The number of rotatable bonds is 4. The van der Waals surface area contributed by atoms with Gasteiger partial charge in [0, 0.05) is 19.5 Å². The zero-order valence-corrected chi connectivity index (χ0v) is 10.4. The van der Waals surface area contributed by atoms with Gasteiger partial charge in [0.15, 0.2) is 0 Å². The van der Waals surface area contributed by atoms with E-state index in [1.54, 1.807) is 0 Å². The number of amidine groups is 1. The number of likely N-dealkylation sites (tertiary alicyclic amines) is 1. The second-order valence-electron chi connectivity index (χ2n) is 4.77. The van der Waals surface area contributed by atoms with Gasteiger partial charge >= 0.3 is 0 Å². The molecule has 0 radical (unpaired) electrons. The number of hydrogen-bond acceptors (Lipinski definition) is 1. The lowest BCUT2D eigenvalue weighted by molar-refractivity contribution is 0.395. The van der Waals surface area contributed by atoms with Gasteiger partial charge in [0.1, 0.15) is 0 Å². The molecule has 88 valence electrons. The maximum atomic E-state index is 7.97. The smallest absolute Gasteiger partial charge is 0.0957 e. The van der Waals surface area contributed by atoms with Crippen LogP contribution in [0.2, 0.25) is 0 Å². The van der Waals surface area contributed by atoms with Gasteiger partial charge in [0.25, 0.3) is 0 Å². The van der Waals surface area contributed by atoms with Gasteiger partial charge in [0.05, 0.1) is 5.84 Å². The fourth-order valence-electron chi connectivity index (χ4n) is 2.53. The summed E-state index contributed by atoms with van der Waals surface area (Å²) in [6.07, 6.45) is 8.73. The van der Waals surface area contributed by atoms with E-state index in [1.165, 1.54) is 32.1 Å². The summed E-state index contributed by atoms with van der Waals surface area (Å²) in [4.78, 5) is 2.30. The van der Waals surface area contributed by atoms with Crippen LogP contribution >= 0.6 is 0 Å². The maximum absolute atomic E-state index is 7.97. The van der Waals surface area contributed by atoms with Crippen LogP contribution in [0.15, 0.2) is 0 Å². The van der Waals surface area contributed by atoms with Crippen molar-refractivity contribution in [2.45, 2.75) is 58.8 Å². The van der Waals surface area contributed by atoms with E-state index in [0.29, 0.717) is 0 Å². The molecule has 2 nitrogen and oxygen atoms in total. The topological polar surface area (TPSA) is 27.1 Å². The average molecular weight is 210 g/mol. The molecule has 1 aliphatic heterocycles. The van der Waals surface area contributed by atoms with Crippen LogP contribution in [0.4, 0.5) is 0 Å². The molecule has 0 bridgehead atoms. The molecular weight excluding hydrogens is 184 g/mol. The van der Waals surface area contributed by atoms with E-state index in [4.69, 9.17) is 5.41 Å². The first-order chi connectivity index (χ1) is 7.27. The fourth-order valence-corrected chi connectivity index (χ4v) is 2.53. The maximum Gasteiger partial charge on any atom is 0.0957 e. The molecular formula is C13H26N2. The van der Waals surface area contributed by atoms with E-state index in [1.807, 2.05) is 0 Å². The monoisotopic (exact) mass is 210 g/mol. The Kier molecular flexibility index (Phi) is 5.74. The van der Waals surface area contributed by atoms with Gasteiger partial charge in [-0.1, -0.05) is 26.7 Å². The summed E-state index contributed by atoms with van der Waals surface area (Å²) < 4.78 is 0. The molecule has 0 spiro atoms. The Morgan fingerprint density at radius 1 is 1.20 bits per heavy atom. The summed E-state index contributed by atoms with van der Waals surface area (Å²) in [5.74, 6) is 1.80. The third kappa shape index (κ3) is 4.23. The average Bonchev–Trinajstić information content (AvgIpc) is 2.44. The molecule has 1 rings (SSSR count). The third-order valence-corrected chi connectivity index (χ3v) is 3.41. The molecule has 2 heteroatoms. The minimum absolute atomic E-state index is 0.870. The van der Waals surface area contributed by atoms with Crippen molar-refractivity contribution in [1.29, 1.82) is 5.41 Å². The molecule has 15 heavy (non-hydrogen) atoms. The van der Waals surface area contributed by atoms with Crippen LogP contribution in [0, 0.1) is 11.3 Å². The van der Waals surface area contributed by atoms with Crippen LogP contribution in [-0.2, 0) is 0 Å². The highest BCUT2D eigenvalue weighted by atomic mass is 15.2. The van der Waals surface area contributed by atoms with E-state index >= 15 is 0 Å². The summed E-state index contributed by atoms with van der Waals surface area (Å²) in [5, 5.41) is 7.97. The second-order valence-corrected chi connectivity index (χ2v) is 4.77. The van der Waals surface area contributed by atoms with Crippen molar-refractivity contribution in [2.75, 3.05) is 13.1 Å². The quantitative estimate of drug-likeness (QED) is 0.556. The molecule has 1 fully saturated rings. The van der Waals surface area contributed by atoms with Crippen molar-refractivity contribution in [3.8, 4) is 0 Å². The Bertz CT molecular complexity index is 189. The van der Waals surface area contributed by atoms with E-state index < -0.39 is 0 Å². The fraction of sp³-hybridized carbons (Fsp3) is 0.923. The van der Waals surface area contributed by atoms with Crippen molar-refractivity contribution in [3.05, 3.63) is 0 Å². The zero-order valence-electron chi connectivity index (χ0n) is 10.4. The molecule has 1 aliphatic rings. The van der Waals surface area contributed by atoms with Crippen molar-refractivity contribution in [3.63, 3.8) is 0 Å². The molecule has 0 amide bonds. The van der Waals surface area contributed by atoms with Gasteiger partial charge in [0.2, 0.25) is 0 Å². The van der Waals surface area contributed by atoms with Gasteiger partial charge in [-0.2, -0.15) is 0 Å². The van der Waals surface area contributed by atoms with Gasteiger partial charge in [-0.3, -0.25) is 5.41 Å². The SMILES string of the molecule is CCCC(=N)N1CCCC(CCC)CC1. The highest BCUT2D eigenvalue weighted by Gasteiger charge is 2.17. The van der Waals surface area contributed by atoms with Crippen LogP contribution in [0.3, 0.4) is 0 Å². The summed E-state index contributed by atoms with van der Waals surface area (Å²) >= 11 is 0. The van der Waals surface area contributed by atoms with E-state index in [2.05, 4.69) is 18.7 Å². The lowest BCUT2D eigenvalue weighted by atomic mass is 9.96. The van der Waals surface area contributed by atoms with E-state index in [9.17, 15) is 0 Å². The lowest BCUT2D eigenvalue weighted by Crippen LogP contribution is -2.31. The molecule has 1 atom stereocenters. The predicted octanol–water partition coefficient (Wildman–Crippen LogP) is 3.67. The molecule has 0 aromatic rings. The molecule has 0 saturated carbocycles. The Hall–Kier alpha value is -0.530. The highest BCUT2D eigenvalue weighted by molar-refractivity contribution is 5.79. The van der Waals surface area contributed by atoms with Crippen LogP contribution in [0.1, 0.15) is 58.8 Å². The van der Waals surface area contributed by atoms with Crippen molar-refractivity contribution in [1.82, 2.24) is 4.90 Å². The third-order valence-electron chi connectivity index (χ3n) is 3.41. The Labute approximate surface area is 94.6 Å². The molecule has 1 N–H and O–H groups in total. The Morgan fingerprint density at radius 2 is 2.00 bits per heavy atom. The van der Waals surface area contributed by atoms with Crippen molar-refractivity contribution >= 4 is 5.84 Å². The Balaban J connectivity index is 2.35. The first-order valence-corrected chi connectivity index (χ1v) is 6.60. The second kappa shape index (κ2) is 6.86. The summed E-state index contributed by atoms with van der Waals surface area (Å²) in [5.41, 5.74) is 0. The number of nitrogens with one attached hydrogen (secondary N) is 1. The minimum atomic E-state index is 0.870. The normalized spacial score (nSPS) is 22.5. The summed E-state index contributed by atoms with van der Waals surface area (Å²) in [6, 6.07) is 0. The molecule has 1 saturated heterocycles. The molecule has 0 aromatic carbocycles. The van der Waals surface area contributed by atoms with Crippen molar-refractivity contribution in [2.24, 2.45) is 5.92 Å². The molecule has 1 unspecified atom stereocenters. The van der Waals surface area contributed by atoms with E-state index in [-0.39, 0.29) is 0 Å². The van der Waals surface area contributed by atoms with E-state index in [0.717, 1.165) is 37.7 Å².